The Morgan fingerprint density at radius 3 is 2.38 bits per heavy atom. The lowest BCUT2D eigenvalue weighted by molar-refractivity contribution is 0.0192. The molecule has 0 unspecified atom stereocenters. The molecule has 2 aromatic rings. The van der Waals surface area contributed by atoms with Crippen LogP contribution in [-0.2, 0) is 4.74 Å². The average Bonchev–Trinajstić information content (AvgIpc) is 2.62. The SMILES string of the molecule is CCC[C@@H](NC(=O)c1ccccc1OC)OC(=O)c1ccccc1. The van der Waals surface area contributed by atoms with Gasteiger partial charge in [-0.3, -0.25) is 4.79 Å². The van der Waals surface area contributed by atoms with Crippen molar-refractivity contribution in [3.8, 4) is 5.75 Å². The van der Waals surface area contributed by atoms with Crippen molar-refractivity contribution < 1.29 is 19.1 Å². The van der Waals surface area contributed by atoms with Crippen molar-refractivity contribution in [2.75, 3.05) is 7.11 Å². The molecule has 0 aliphatic carbocycles. The van der Waals surface area contributed by atoms with Crippen molar-refractivity contribution in [2.24, 2.45) is 0 Å². The molecule has 5 nitrogen and oxygen atoms in total. The van der Waals surface area contributed by atoms with E-state index in [2.05, 4.69) is 5.32 Å². The van der Waals surface area contributed by atoms with Crippen molar-refractivity contribution in [3.63, 3.8) is 0 Å². The Bertz CT molecular complexity index is 685. The molecular formula is C19H21NO4. The summed E-state index contributed by atoms with van der Waals surface area (Å²) in [6.45, 7) is 1.96. The first kappa shape index (κ1) is 17.5. The standard InChI is InChI=1S/C19H21NO4/c1-3-9-17(24-19(22)14-10-5-4-6-11-14)20-18(21)15-12-7-8-13-16(15)23-2/h4-8,10-13,17H,3,9H2,1-2H3,(H,20,21)/t17-/m0/s1. The van der Waals surface area contributed by atoms with E-state index < -0.39 is 12.2 Å². The van der Waals surface area contributed by atoms with Crippen LogP contribution in [0, 0.1) is 0 Å². The first-order valence-corrected chi connectivity index (χ1v) is 7.85. The van der Waals surface area contributed by atoms with Crippen LogP contribution in [0.4, 0.5) is 0 Å². The van der Waals surface area contributed by atoms with E-state index in [4.69, 9.17) is 9.47 Å². The molecule has 0 aliphatic rings. The molecule has 1 atom stereocenters. The monoisotopic (exact) mass is 327 g/mol. The number of para-hydroxylation sites is 1. The topological polar surface area (TPSA) is 64.6 Å². The molecule has 0 heterocycles. The van der Waals surface area contributed by atoms with E-state index in [1.165, 1.54) is 7.11 Å². The molecule has 5 heteroatoms. The van der Waals surface area contributed by atoms with Crippen LogP contribution in [-0.4, -0.2) is 25.2 Å². The summed E-state index contributed by atoms with van der Waals surface area (Å²) in [6.07, 6.45) is 0.596. The first-order chi connectivity index (χ1) is 11.7. The Balaban J connectivity index is 2.08. The number of amides is 1. The zero-order chi connectivity index (χ0) is 17.4. The Kier molecular flexibility index (Phi) is 6.37. The van der Waals surface area contributed by atoms with Crippen LogP contribution >= 0.6 is 0 Å². The molecule has 0 fully saturated rings. The molecule has 0 saturated heterocycles. The molecule has 1 amide bonds. The Morgan fingerprint density at radius 1 is 1.04 bits per heavy atom. The summed E-state index contributed by atoms with van der Waals surface area (Å²) >= 11 is 0. The highest BCUT2D eigenvalue weighted by Crippen LogP contribution is 2.17. The van der Waals surface area contributed by atoms with Gasteiger partial charge >= 0.3 is 5.97 Å². The van der Waals surface area contributed by atoms with Gasteiger partial charge in [-0.15, -0.1) is 0 Å². The number of benzene rings is 2. The lowest BCUT2D eigenvalue weighted by Crippen LogP contribution is -2.38. The number of rotatable bonds is 7. The van der Waals surface area contributed by atoms with Gasteiger partial charge in [0.25, 0.3) is 5.91 Å². The van der Waals surface area contributed by atoms with Crippen molar-refractivity contribution >= 4 is 11.9 Å². The number of carbonyl (C=O) groups is 2. The van der Waals surface area contributed by atoms with Crippen molar-refractivity contribution in [1.82, 2.24) is 5.32 Å². The van der Waals surface area contributed by atoms with Crippen LogP contribution < -0.4 is 10.1 Å². The minimum atomic E-state index is -0.694. The third-order valence-corrected chi connectivity index (χ3v) is 3.45. The van der Waals surface area contributed by atoms with Gasteiger partial charge in [-0.25, -0.2) is 4.79 Å². The summed E-state index contributed by atoms with van der Waals surface area (Å²) in [7, 11) is 1.51. The smallest absolute Gasteiger partial charge is 0.340 e. The molecule has 0 bridgehead atoms. The fourth-order valence-corrected chi connectivity index (χ4v) is 2.25. The summed E-state index contributed by atoms with van der Waals surface area (Å²) in [5, 5.41) is 2.75. The number of hydrogen-bond acceptors (Lipinski definition) is 4. The zero-order valence-electron chi connectivity index (χ0n) is 13.8. The lowest BCUT2D eigenvalue weighted by atomic mass is 10.2. The second kappa shape index (κ2) is 8.72. The number of ether oxygens (including phenoxy) is 2. The van der Waals surface area contributed by atoms with E-state index in [1.54, 1.807) is 48.5 Å². The molecule has 2 aromatic carbocycles. The maximum Gasteiger partial charge on any atom is 0.340 e. The van der Waals surface area contributed by atoms with E-state index in [-0.39, 0.29) is 5.91 Å². The molecule has 0 aromatic heterocycles. The number of methoxy groups -OCH3 is 1. The molecule has 126 valence electrons. The molecule has 0 saturated carbocycles. The van der Waals surface area contributed by atoms with Crippen molar-refractivity contribution in [3.05, 3.63) is 65.7 Å². The molecule has 0 aliphatic heterocycles. The third-order valence-electron chi connectivity index (χ3n) is 3.45. The summed E-state index contributed by atoms with van der Waals surface area (Å²) < 4.78 is 10.6. The van der Waals surface area contributed by atoms with E-state index in [0.29, 0.717) is 23.3 Å². The highest BCUT2D eigenvalue weighted by Gasteiger charge is 2.20. The number of nitrogens with one attached hydrogen (secondary N) is 1. The molecule has 0 spiro atoms. The molecule has 0 radical (unpaired) electrons. The zero-order valence-corrected chi connectivity index (χ0v) is 13.8. The van der Waals surface area contributed by atoms with Gasteiger partial charge in [-0.1, -0.05) is 43.7 Å². The van der Waals surface area contributed by atoms with E-state index in [0.717, 1.165) is 6.42 Å². The summed E-state index contributed by atoms with van der Waals surface area (Å²) in [5.74, 6) is -0.333. The van der Waals surface area contributed by atoms with Gasteiger partial charge in [0, 0.05) is 6.42 Å². The van der Waals surface area contributed by atoms with Gasteiger partial charge in [-0.05, 0) is 24.3 Å². The molecule has 24 heavy (non-hydrogen) atoms. The normalized spacial score (nSPS) is 11.4. The van der Waals surface area contributed by atoms with Gasteiger partial charge in [-0.2, -0.15) is 0 Å². The van der Waals surface area contributed by atoms with Gasteiger partial charge in [0.05, 0.1) is 18.2 Å². The maximum atomic E-state index is 12.4. The summed E-state index contributed by atoms with van der Waals surface area (Å²) in [5.41, 5.74) is 0.849. The fourth-order valence-electron chi connectivity index (χ4n) is 2.25. The predicted octanol–water partition coefficient (Wildman–Crippen LogP) is 3.41. The van der Waals surface area contributed by atoms with Crippen LogP contribution in [0.25, 0.3) is 0 Å². The van der Waals surface area contributed by atoms with Crippen LogP contribution in [0.3, 0.4) is 0 Å². The Hall–Kier alpha value is -2.82. The third kappa shape index (κ3) is 4.59. The summed E-state index contributed by atoms with van der Waals surface area (Å²) in [6, 6.07) is 15.6. The van der Waals surface area contributed by atoms with Gasteiger partial charge in [0.15, 0.2) is 6.23 Å². The van der Waals surface area contributed by atoms with Gasteiger partial charge in [0.1, 0.15) is 5.75 Å². The molecule has 2 rings (SSSR count). The second-order valence-corrected chi connectivity index (χ2v) is 5.22. The van der Waals surface area contributed by atoms with Crippen LogP contribution in [0.5, 0.6) is 5.75 Å². The molecule has 1 N–H and O–H groups in total. The van der Waals surface area contributed by atoms with Gasteiger partial charge < -0.3 is 14.8 Å². The van der Waals surface area contributed by atoms with E-state index in [1.807, 2.05) is 13.0 Å². The number of carbonyl (C=O) groups excluding carboxylic acids is 2. The first-order valence-electron chi connectivity index (χ1n) is 7.85. The van der Waals surface area contributed by atoms with E-state index >= 15 is 0 Å². The highest BCUT2D eigenvalue weighted by molar-refractivity contribution is 5.97. The predicted molar refractivity (Wildman–Crippen MR) is 91.0 cm³/mol. The quantitative estimate of drug-likeness (QED) is 0.625. The minimum Gasteiger partial charge on any atom is -0.496 e. The minimum absolute atomic E-state index is 0.341. The number of hydrogen-bond donors (Lipinski definition) is 1. The second-order valence-electron chi connectivity index (χ2n) is 5.22. The van der Waals surface area contributed by atoms with E-state index in [9.17, 15) is 9.59 Å². The van der Waals surface area contributed by atoms with Crippen LogP contribution in [0.1, 0.15) is 40.5 Å². The summed E-state index contributed by atoms with van der Waals surface area (Å²) in [4.78, 5) is 24.6. The fraction of sp³-hybridized carbons (Fsp3) is 0.263. The largest absolute Gasteiger partial charge is 0.496 e. The van der Waals surface area contributed by atoms with Crippen molar-refractivity contribution in [1.29, 1.82) is 0 Å². The average molecular weight is 327 g/mol. The maximum absolute atomic E-state index is 12.4. The Morgan fingerprint density at radius 2 is 1.71 bits per heavy atom. The number of esters is 1. The lowest BCUT2D eigenvalue weighted by Gasteiger charge is -2.19. The Labute approximate surface area is 141 Å². The highest BCUT2D eigenvalue weighted by atomic mass is 16.6. The van der Waals surface area contributed by atoms with Crippen LogP contribution in [0.15, 0.2) is 54.6 Å². The van der Waals surface area contributed by atoms with Crippen LogP contribution in [0.2, 0.25) is 0 Å². The molecular weight excluding hydrogens is 306 g/mol. The van der Waals surface area contributed by atoms with Gasteiger partial charge in [0.2, 0.25) is 0 Å². The van der Waals surface area contributed by atoms with Crippen molar-refractivity contribution in [2.45, 2.75) is 26.0 Å².